The molecule has 0 N–H and O–H groups in total. The Kier molecular flexibility index (Phi) is 2.41. The van der Waals surface area contributed by atoms with Crippen molar-refractivity contribution < 1.29 is 0 Å². The Balaban J connectivity index is 2.57. The highest BCUT2D eigenvalue weighted by atomic mass is 14.7. The second-order valence-corrected chi connectivity index (χ2v) is 3.01. The van der Waals surface area contributed by atoms with Gasteiger partial charge in [0.25, 0.3) is 0 Å². The van der Waals surface area contributed by atoms with Gasteiger partial charge in [0, 0.05) is 12.3 Å². The maximum absolute atomic E-state index is 5.31. The van der Waals surface area contributed by atoms with E-state index in [1.807, 2.05) is 54.6 Å². The van der Waals surface area contributed by atoms with Crippen LogP contribution in [-0.4, -0.2) is 6.72 Å². The summed E-state index contributed by atoms with van der Waals surface area (Å²) < 4.78 is 0. The van der Waals surface area contributed by atoms with Gasteiger partial charge in [-0.05, 0) is 11.6 Å². The maximum atomic E-state index is 5.31. The summed E-state index contributed by atoms with van der Waals surface area (Å²) in [5, 5.41) is 0. The van der Waals surface area contributed by atoms with Gasteiger partial charge in [0.1, 0.15) is 0 Å². The van der Waals surface area contributed by atoms with Gasteiger partial charge in [0.15, 0.2) is 0 Å². The van der Waals surface area contributed by atoms with Gasteiger partial charge in [-0.1, -0.05) is 48.5 Å². The van der Waals surface area contributed by atoms with Crippen LogP contribution < -0.4 is 0 Å². The summed E-state index contributed by atoms with van der Waals surface area (Å²) in [7, 11) is 0. The highest BCUT2D eigenvalue weighted by Gasteiger charge is 2.00. The Morgan fingerprint density at radius 2 is 1.43 bits per heavy atom. The molecule has 1 nitrogen and oxygen atoms in total. The van der Waals surface area contributed by atoms with E-state index in [-0.39, 0.29) is 0 Å². The average Bonchev–Trinajstić information content (AvgIpc) is 2.30. The lowest BCUT2D eigenvalue weighted by Gasteiger charge is -2.03. The van der Waals surface area contributed by atoms with Gasteiger partial charge in [-0.2, -0.15) is 0 Å². The average molecular weight is 180 g/mol. The minimum atomic E-state index is 0.818. The lowest BCUT2D eigenvalue weighted by atomic mass is 10.0. The van der Waals surface area contributed by atoms with Crippen LogP contribution in [0.1, 0.15) is 0 Å². The van der Waals surface area contributed by atoms with Crippen LogP contribution in [0.4, 0.5) is 5.69 Å². The Bertz CT molecular complexity index is 432. The van der Waals surface area contributed by atoms with E-state index in [0.29, 0.717) is 0 Å². The molecule has 0 amide bonds. The minimum absolute atomic E-state index is 0.818. The van der Waals surface area contributed by atoms with Crippen molar-refractivity contribution in [2.75, 3.05) is 0 Å². The largest absolute Gasteiger partial charge is 0.255 e. The second kappa shape index (κ2) is 3.88. The summed E-state index contributed by atoms with van der Waals surface area (Å²) in [4.78, 5) is 3.75. The van der Waals surface area contributed by atoms with E-state index in [4.69, 9.17) is 6.72 Å². The van der Waals surface area contributed by atoms with Crippen LogP contribution >= 0.6 is 0 Å². The van der Waals surface area contributed by atoms with Crippen molar-refractivity contribution in [1.29, 1.82) is 0 Å². The molecule has 1 radical (unpaired) electrons. The molecule has 2 aromatic carbocycles. The number of hydrogen-bond donors (Lipinski definition) is 0. The molecular formula is C13H10N. The molecule has 67 valence electrons. The van der Waals surface area contributed by atoms with Gasteiger partial charge in [0.2, 0.25) is 0 Å². The molecule has 0 saturated heterocycles. The highest BCUT2D eigenvalue weighted by molar-refractivity contribution is 5.76. The number of nitrogens with zero attached hydrogens (tertiary/aromatic N) is 1. The highest BCUT2D eigenvalue weighted by Crippen LogP contribution is 2.28. The van der Waals surface area contributed by atoms with Crippen LogP contribution in [0.2, 0.25) is 0 Å². The van der Waals surface area contributed by atoms with Gasteiger partial charge in [-0.25, -0.2) is 0 Å². The third-order valence-electron chi connectivity index (χ3n) is 2.13. The molecule has 0 aromatic heterocycles. The summed E-state index contributed by atoms with van der Waals surface area (Å²) in [5.41, 5.74) is 3.02. The van der Waals surface area contributed by atoms with E-state index in [9.17, 15) is 0 Å². The monoisotopic (exact) mass is 180 g/mol. The number of benzene rings is 2. The summed E-state index contributed by atoms with van der Waals surface area (Å²) in [5.74, 6) is 0. The molecule has 0 aliphatic heterocycles. The topological polar surface area (TPSA) is 12.4 Å². The fourth-order valence-electron chi connectivity index (χ4n) is 1.45. The molecule has 0 unspecified atom stereocenters. The first kappa shape index (κ1) is 8.70. The second-order valence-electron chi connectivity index (χ2n) is 3.01. The van der Waals surface area contributed by atoms with Gasteiger partial charge in [-0.15, -0.1) is 0 Å². The minimum Gasteiger partial charge on any atom is -0.255 e. The van der Waals surface area contributed by atoms with E-state index in [0.717, 1.165) is 16.8 Å². The molecule has 1 heteroatoms. The fourth-order valence-corrected chi connectivity index (χ4v) is 1.45. The van der Waals surface area contributed by atoms with E-state index >= 15 is 0 Å². The lowest BCUT2D eigenvalue weighted by Crippen LogP contribution is -1.76. The van der Waals surface area contributed by atoms with Crippen molar-refractivity contribution in [2.45, 2.75) is 0 Å². The maximum Gasteiger partial charge on any atom is 0.0708 e. The molecule has 0 heterocycles. The first-order valence-corrected chi connectivity index (χ1v) is 4.47. The molecule has 0 spiro atoms. The third-order valence-corrected chi connectivity index (χ3v) is 2.13. The van der Waals surface area contributed by atoms with Gasteiger partial charge in [-0.3, -0.25) is 4.99 Å². The Hall–Kier alpha value is -1.89. The molecule has 14 heavy (non-hydrogen) atoms. The number of rotatable bonds is 2. The number of aliphatic imine (C=N–C) groups is 1. The van der Waals surface area contributed by atoms with E-state index in [1.165, 1.54) is 0 Å². The number of para-hydroxylation sites is 1. The predicted octanol–water partition coefficient (Wildman–Crippen LogP) is 3.56. The molecule has 0 aliphatic rings. The molecule has 0 atom stereocenters. The van der Waals surface area contributed by atoms with Crippen LogP contribution in [0.15, 0.2) is 59.6 Å². The predicted molar refractivity (Wildman–Crippen MR) is 60.0 cm³/mol. The lowest BCUT2D eigenvalue weighted by molar-refractivity contribution is 1.53. The van der Waals surface area contributed by atoms with Crippen LogP contribution in [0.5, 0.6) is 0 Å². The zero-order chi connectivity index (χ0) is 9.80. The van der Waals surface area contributed by atoms with E-state index in [2.05, 4.69) is 4.99 Å². The Morgan fingerprint density at radius 1 is 0.786 bits per heavy atom. The van der Waals surface area contributed by atoms with Crippen molar-refractivity contribution in [3.05, 3.63) is 54.6 Å². The smallest absolute Gasteiger partial charge is 0.0708 e. The van der Waals surface area contributed by atoms with Crippen molar-refractivity contribution in [1.82, 2.24) is 0 Å². The van der Waals surface area contributed by atoms with Crippen LogP contribution in [0.3, 0.4) is 0 Å². The van der Waals surface area contributed by atoms with Crippen molar-refractivity contribution in [2.24, 2.45) is 4.99 Å². The van der Waals surface area contributed by atoms with Crippen molar-refractivity contribution in [3.63, 3.8) is 0 Å². The standard InChI is InChI=1S/C13H10N/c1-14-13-10-6-5-9-12(13)11-7-3-2-4-8-11/h1-10H. The van der Waals surface area contributed by atoms with Crippen LogP contribution in [0, 0.1) is 0 Å². The zero-order valence-electron chi connectivity index (χ0n) is 7.72. The fraction of sp³-hybridized carbons (Fsp3) is 0. The molecule has 0 fully saturated rings. The van der Waals surface area contributed by atoms with Gasteiger partial charge < -0.3 is 0 Å². The first-order valence-electron chi connectivity index (χ1n) is 4.47. The van der Waals surface area contributed by atoms with Gasteiger partial charge >= 0.3 is 0 Å². The van der Waals surface area contributed by atoms with Crippen LogP contribution in [-0.2, 0) is 0 Å². The summed E-state index contributed by atoms with van der Waals surface area (Å²) in [6, 6.07) is 17.9. The van der Waals surface area contributed by atoms with Gasteiger partial charge in [0.05, 0.1) is 5.69 Å². The van der Waals surface area contributed by atoms with Crippen LogP contribution in [0.25, 0.3) is 11.1 Å². The SMILES string of the molecule is [CH]=Nc1ccccc1-c1ccccc1. The number of hydrogen-bond acceptors (Lipinski definition) is 1. The van der Waals surface area contributed by atoms with E-state index in [1.54, 1.807) is 0 Å². The Morgan fingerprint density at radius 3 is 2.14 bits per heavy atom. The third kappa shape index (κ3) is 1.57. The van der Waals surface area contributed by atoms with Crippen molar-refractivity contribution >= 4 is 12.4 Å². The normalized spacial score (nSPS) is 9.71. The van der Waals surface area contributed by atoms with Crippen molar-refractivity contribution in [3.8, 4) is 11.1 Å². The van der Waals surface area contributed by atoms with E-state index < -0.39 is 0 Å². The first-order chi connectivity index (χ1) is 6.92. The summed E-state index contributed by atoms with van der Waals surface area (Å²) in [6.07, 6.45) is 0. The molecule has 0 aliphatic carbocycles. The molecule has 0 bridgehead atoms. The molecular weight excluding hydrogens is 170 g/mol. The zero-order valence-corrected chi connectivity index (χ0v) is 7.72. The Labute approximate surface area is 83.7 Å². The molecule has 0 saturated carbocycles. The summed E-state index contributed by atoms with van der Waals surface area (Å²) in [6.45, 7) is 5.31. The summed E-state index contributed by atoms with van der Waals surface area (Å²) >= 11 is 0. The molecule has 2 rings (SSSR count). The quantitative estimate of drug-likeness (QED) is 0.626. The molecule has 2 aromatic rings.